The van der Waals surface area contributed by atoms with Crippen LogP contribution in [0.1, 0.15) is 32.8 Å². The van der Waals surface area contributed by atoms with Crippen LogP contribution in [-0.4, -0.2) is 22.3 Å². The van der Waals surface area contributed by atoms with E-state index in [0.717, 1.165) is 29.0 Å². The van der Waals surface area contributed by atoms with Crippen LogP contribution >= 0.6 is 24.0 Å². The maximum atomic E-state index is 8.79. The molecule has 0 bridgehead atoms. The van der Waals surface area contributed by atoms with Gasteiger partial charge < -0.3 is 18.6 Å². The van der Waals surface area contributed by atoms with Gasteiger partial charge in [0.05, 0.1) is 24.2 Å². The molecule has 0 atom stereocenters. The van der Waals surface area contributed by atoms with Gasteiger partial charge >= 0.3 is 0 Å². The van der Waals surface area contributed by atoms with Crippen molar-refractivity contribution >= 4 is 35.0 Å². The number of benzene rings is 3. The topological polar surface area (TPSA) is 52.2 Å². The predicted molar refractivity (Wildman–Crippen MR) is 145 cm³/mol. The highest BCUT2D eigenvalue weighted by Gasteiger charge is 2.13. The minimum absolute atomic E-state index is 0. The first-order chi connectivity index (χ1) is 16.3. The zero-order valence-corrected chi connectivity index (χ0v) is 22.0. The Bertz CT molecular complexity index is 1290. The molecule has 5 nitrogen and oxygen atoms in total. The highest BCUT2D eigenvalue weighted by Crippen LogP contribution is 2.24. The van der Waals surface area contributed by atoms with Gasteiger partial charge in [-0.05, 0) is 65.9 Å². The number of hydrogen-bond donors (Lipinski definition) is 1. The van der Waals surface area contributed by atoms with E-state index < -0.39 is 0 Å². The molecule has 0 saturated carbocycles. The third-order valence-corrected chi connectivity index (χ3v) is 6.14. The number of ether oxygens (including phenoxy) is 2. The van der Waals surface area contributed by atoms with Crippen LogP contribution in [0, 0.1) is 5.41 Å². The Morgan fingerprint density at radius 2 is 1.26 bits per heavy atom. The van der Waals surface area contributed by atoms with E-state index in [2.05, 4.69) is 45.0 Å². The number of aryl methyl sites for hydroxylation is 1. The highest BCUT2D eigenvalue weighted by molar-refractivity contribution is 6.30. The summed E-state index contributed by atoms with van der Waals surface area (Å²) in [5.74, 6) is 1.65. The second-order valence-corrected chi connectivity index (χ2v) is 9.83. The van der Waals surface area contributed by atoms with Gasteiger partial charge in [-0.3, -0.25) is 5.41 Å². The zero-order valence-electron chi connectivity index (χ0n) is 20.5. The van der Waals surface area contributed by atoms with E-state index in [4.69, 9.17) is 26.5 Å². The van der Waals surface area contributed by atoms with Crippen molar-refractivity contribution in [2.24, 2.45) is 0 Å². The summed E-state index contributed by atoms with van der Waals surface area (Å²) < 4.78 is 15.9. The van der Waals surface area contributed by atoms with Gasteiger partial charge in [-0.2, -0.15) is 0 Å². The summed E-state index contributed by atoms with van der Waals surface area (Å²) in [6.07, 6.45) is 0.795. The lowest BCUT2D eigenvalue weighted by molar-refractivity contribution is 0.292. The first kappa shape index (κ1) is 26.7. The van der Waals surface area contributed by atoms with E-state index in [1.54, 1.807) is 0 Å². The lowest BCUT2D eigenvalue weighted by Gasteiger charge is -2.19. The largest absolute Gasteiger partial charge is 0.494 e. The first-order valence-electron chi connectivity index (χ1n) is 11.7. The van der Waals surface area contributed by atoms with Crippen LogP contribution in [0.2, 0.25) is 5.02 Å². The van der Waals surface area contributed by atoms with E-state index in [0.29, 0.717) is 36.9 Å². The highest BCUT2D eigenvalue weighted by atomic mass is 35.5. The Labute approximate surface area is 218 Å². The molecule has 35 heavy (non-hydrogen) atoms. The molecule has 4 aromatic rings. The van der Waals surface area contributed by atoms with Crippen LogP contribution in [-0.2, 0) is 18.5 Å². The summed E-state index contributed by atoms with van der Waals surface area (Å²) in [5.41, 5.74) is 3.97. The molecule has 0 saturated heterocycles. The molecule has 0 aliphatic rings. The fraction of sp³-hybridized carbons (Fsp3) is 0.321. The summed E-state index contributed by atoms with van der Waals surface area (Å²) in [6.45, 7) is 8.99. The average Bonchev–Trinajstić information content (AvgIpc) is 3.09. The van der Waals surface area contributed by atoms with Gasteiger partial charge in [0.1, 0.15) is 18.1 Å². The van der Waals surface area contributed by atoms with Crippen LogP contribution < -0.4 is 15.1 Å². The van der Waals surface area contributed by atoms with Gasteiger partial charge in [0, 0.05) is 11.6 Å². The van der Waals surface area contributed by atoms with Crippen LogP contribution in [0.15, 0.2) is 72.8 Å². The van der Waals surface area contributed by atoms with Crippen LogP contribution in [0.3, 0.4) is 0 Å². The molecule has 0 aliphatic carbocycles. The molecule has 0 radical (unpaired) electrons. The monoisotopic (exact) mass is 513 g/mol. The smallest absolute Gasteiger partial charge is 0.203 e. The lowest BCUT2D eigenvalue weighted by Crippen LogP contribution is -2.27. The van der Waals surface area contributed by atoms with Crippen molar-refractivity contribution in [3.8, 4) is 11.5 Å². The van der Waals surface area contributed by atoms with Crippen molar-refractivity contribution in [1.82, 2.24) is 9.13 Å². The van der Waals surface area contributed by atoms with E-state index >= 15 is 0 Å². The van der Waals surface area contributed by atoms with Crippen molar-refractivity contribution in [3.63, 3.8) is 0 Å². The minimum Gasteiger partial charge on any atom is -0.494 e. The Kier molecular flexibility index (Phi) is 8.92. The maximum Gasteiger partial charge on any atom is 0.203 e. The van der Waals surface area contributed by atoms with E-state index in [1.165, 1.54) is 5.56 Å². The quantitative estimate of drug-likeness (QED) is 0.249. The van der Waals surface area contributed by atoms with Gasteiger partial charge in [0.2, 0.25) is 5.62 Å². The molecule has 1 N–H and O–H groups in total. The Hall–Kier alpha value is -2.89. The lowest BCUT2D eigenvalue weighted by atomic mass is 9.87. The number of halogens is 2. The molecule has 0 unspecified atom stereocenters. The van der Waals surface area contributed by atoms with Crippen molar-refractivity contribution in [3.05, 3.63) is 89.0 Å². The molecule has 3 aromatic carbocycles. The van der Waals surface area contributed by atoms with Crippen molar-refractivity contribution < 1.29 is 9.47 Å². The van der Waals surface area contributed by atoms with Crippen LogP contribution in [0.4, 0.5) is 0 Å². The van der Waals surface area contributed by atoms with Gasteiger partial charge in [-0.1, -0.05) is 56.6 Å². The normalized spacial score (nSPS) is 11.3. The molecule has 0 fully saturated rings. The minimum atomic E-state index is 0. The van der Waals surface area contributed by atoms with E-state index in [-0.39, 0.29) is 17.8 Å². The number of para-hydroxylation sites is 2. The van der Waals surface area contributed by atoms with Gasteiger partial charge in [0.15, 0.2) is 0 Å². The van der Waals surface area contributed by atoms with Gasteiger partial charge in [-0.25, -0.2) is 0 Å². The van der Waals surface area contributed by atoms with Crippen LogP contribution in [0.25, 0.3) is 11.0 Å². The number of hydrogen-bond acceptors (Lipinski definition) is 3. The number of rotatable bonds is 9. The number of nitrogens with one attached hydrogen (secondary N) is 1. The molecule has 4 rings (SSSR count). The average molecular weight is 514 g/mol. The maximum absolute atomic E-state index is 8.79. The Morgan fingerprint density at radius 3 is 1.83 bits per heavy atom. The summed E-state index contributed by atoms with van der Waals surface area (Å²) in [6, 6.07) is 23.8. The predicted octanol–water partition coefficient (Wildman–Crippen LogP) is 6.84. The first-order valence-corrected chi connectivity index (χ1v) is 12.0. The second kappa shape index (κ2) is 11.7. The second-order valence-electron chi connectivity index (χ2n) is 9.39. The molecule has 1 aromatic heterocycles. The van der Waals surface area contributed by atoms with E-state index in [1.807, 2.05) is 57.7 Å². The fourth-order valence-corrected chi connectivity index (χ4v) is 4.12. The fourth-order valence-electron chi connectivity index (χ4n) is 4.00. The van der Waals surface area contributed by atoms with Crippen molar-refractivity contribution in [2.45, 2.75) is 45.7 Å². The Morgan fingerprint density at radius 1 is 0.743 bits per heavy atom. The molecule has 1 heterocycles. The van der Waals surface area contributed by atoms with Gasteiger partial charge in [0.25, 0.3) is 0 Å². The number of fused-ring (bicyclic) bond motifs is 1. The summed E-state index contributed by atoms with van der Waals surface area (Å²) >= 11 is 5.93. The number of aromatic nitrogens is 2. The molecule has 0 amide bonds. The SMILES string of the molecule is CC(C)(C)c1ccc(OCCn2c(=N)n(CCCOc3ccc(Cl)cc3)c3ccccc32)cc1.Cl. The molecular formula is C28H33Cl2N3O2. The molecule has 0 spiro atoms. The van der Waals surface area contributed by atoms with E-state index in [9.17, 15) is 0 Å². The molecular weight excluding hydrogens is 481 g/mol. The standard InChI is InChI=1S/C28H32ClN3O2.ClH/c1-28(2,3)21-9-13-23(14-10-21)34-20-18-32-26-8-5-4-7-25(26)31(27(32)30)17-6-19-33-24-15-11-22(29)12-16-24;/h4-5,7-16,30H,6,17-20H2,1-3H3;1H. The number of nitrogens with zero attached hydrogens (tertiary/aromatic N) is 2. The third kappa shape index (κ3) is 6.62. The summed E-state index contributed by atoms with van der Waals surface area (Å²) in [5, 5.41) is 9.49. The third-order valence-electron chi connectivity index (χ3n) is 5.89. The van der Waals surface area contributed by atoms with Crippen molar-refractivity contribution in [2.75, 3.05) is 13.2 Å². The van der Waals surface area contributed by atoms with Crippen LogP contribution in [0.5, 0.6) is 11.5 Å². The number of imidazole rings is 1. The summed E-state index contributed by atoms with van der Waals surface area (Å²) in [4.78, 5) is 0. The Balaban J connectivity index is 0.00000342. The summed E-state index contributed by atoms with van der Waals surface area (Å²) in [7, 11) is 0. The molecule has 7 heteroatoms. The molecule has 186 valence electrons. The zero-order chi connectivity index (χ0) is 24.1. The molecule has 0 aliphatic heterocycles. The van der Waals surface area contributed by atoms with Gasteiger partial charge in [-0.15, -0.1) is 12.4 Å². The van der Waals surface area contributed by atoms with Crippen molar-refractivity contribution in [1.29, 1.82) is 5.41 Å².